The Morgan fingerprint density at radius 1 is 1.47 bits per heavy atom. The van der Waals surface area contributed by atoms with Crippen LogP contribution in [0.4, 0.5) is 0 Å². The molecule has 0 aromatic carbocycles. The molecule has 0 fully saturated rings. The monoisotopic (exact) mass is 209 g/mol. The molecule has 0 aromatic rings. The Morgan fingerprint density at radius 2 is 2.13 bits per heavy atom. The highest BCUT2D eigenvalue weighted by atomic mass is 16.4. The first-order valence-corrected chi connectivity index (χ1v) is 5.02. The van der Waals surface area contributed by atoms with E-state index >= 15 is 0 Å². The van der Waals surface area contributed by atoms with Crippen LogP contribution in [0.3, 0.4) is 0 Å². The second-order valence-corrected chi connectivity index (χ2v) is 3.17. The van der Waals surface area contributed by atoms with Crippen LogP contribution in [-0.2, 0) is 4.79 Å². The van der Waals surface area contributed by atoms with Gasteiger partial charge in [-0.3, -0.25) is 9.69 Å². The van der Waals surface area contributed by atoms with E-state index in [1.165, 1.54) is 0 Å². The second-order valence-electron chi connectivity index (χ2n) is 3.17. The smallest absolute Gasteiger partial charge is 0.317 e. The molecule has 1 N–H and O–H groups in total. The van der Waals surface area contributed by atoms with Crippen molar-refractivity contribution in [3.8, 4) is 0 Å². The minimum absolute atomic E-state index is 0.0720. The number of likely N-dealkylation sites (N-methyl/N-ethyl adjacent to an activating group) is 1. The Bertz CT molecular complexity index is 267. The standard InChI is InChI=1S/C12H19NO2/c1-4-7-11(8-5-2)9-13(6-3)10-12(14)15/h4-5,7-8H,1,6,9-10H2,2-3H3,(H,14,15)/b8-5-,11-7+. The Hall–Kier alpha value is -1.35. The van der Waals surface area contributed by atoms with Gasteiger partial charge in [-0.2, -0.15) is 0 Å². The SMILES string of the molecule is C=C/C=C(\C=C/C)CN(CC)CC(=O)O. The maximum absolute atomic E-state index is 10.6. The molecule has 15 heavy (non-hydrogen) atoms. The zero-order valence-electron chi connectivity index (χ0n) is 9.44. The lowest BCUT2D eigenvalue weighted by molar-refractivity contribution is -0.138. The van der Waals surface area contributed by atoms with Crippen molar-refractivity contribution in [3.05, 3.63) is 36.5 Å². The normalized spacial score (nSPS) is 12.3. The van der Waals surface area contributed by atoms with Gasteiger partial charge in [0.2, 0.25) is 0 Å². The highest BCUT2D eigenvalue weighted by Crippen LogP contribution is 2.02. The second kappa shape index (κ2) is 8.00. The Morgan fingerprint density at radius 3 is 2.53 bits per heavy atom. The zero-order chi connectivity index (χ0) is 11.7. The summed E-state index contributed by atoms with van der Waals surface area (Å²) in [7, 11) is 0. The molecule has 0 amide bonds. The highest BCUT2D eigenvalue weighted by Gasteiger charge is 2.07. The summed E-state index contributed by atoms with van der Waals surface area (Å²) in [5, 5.41) is 8.69. The molecule has 3 nitrogen and oxygen atoms in total. The number of rotatable bonds is 7. The van der Waals surface area contributed by atoms with E-state index in [9.17, 15) is 4.79 Å². The van der Waals surface area contributed by atoms with Gasteiger partial charge in [0.1, 0.15) is 0 Å². The molecule has 0 rings (SSSR count). The highest BCUT2D eigenvalue weighted by molar-refractivity contribution is 5.69. The number of carbonyl (C=O) groups is 1. The van der Waals surface area contributed by atoms with E-state index in [1.54, 1.807) is 6.08 Å². The molecule has 0 saturated carbocycles. The molecular weight excluding hydrogens is 190 g/mol. The first-order valence-electron chi connectivity index (χ1n) is 5.02. The molecular formula is C12H19NO2. The van der Waals surface area contributed by atoms with Gasteiger partial charge in [0.05, 0.1) is 6.54 Å². The Balaban J connectivity index is 4.41. The van der Waals surface area contributed by atoms with Gasteiger partial charge in [0, 0.05) is 6.54 Å². The van der Waals surface area contributed by atoms with Gasteiger partial charge < -0.3 is 5.11 Å². The fraction of sp³-hybridized carbons (Fsp3) is 0.417. The summed E-state index contributed by atoms with van der Waals surface area (Å²) in [4.78, 5) is 12.4. The average Bonchev–Trinajstić information content (AvgIpc) is 2.16. The van der Waals surface area contributed by atoms with Crippen LogP contribution < -0.4 is 0 Å². The number of carboxylic acid groups (broad SMARTS) is 1. The molecule has 0 bridgehead atoms. The van der Waals surface area contributed by atoms with Gasteiger partial charge in [-0.05, 0) is 19.0 Å². The first-order chi connectivity index (χ1) is 7.13. The quantitative estimate of drug-likeness (QED) is 0.653. The van der Waals surface area contributed by atoms with Crippen molar-refractivity contribution in [2.45, 2.75) is 13.8 Å². The van der Waals surface area contributed by atoms with Crippen LogP contribution in [0, 0.1) is 0 Å². The number of hydrogen-bond acceptors (Lipinski definition) is 2. The number of hydrogen-bond donors (Lipinski definition) is 1. The molecule has 84 valence electrons. The lowest BCUT2D eigenvalue weighted by atomic mass is 10.2. The molecule has 0 heterocycles. The average molecular weight is 209 g/mol. The number of aliphatic carboxylic acids is 1. The first kappa shape index (κ1) is 13.7. The summed E-state index contributed by atoms with van der Waals surface area (Å²) in [6.45, 7) is 8.95. The Kier molecular flexibility index (Phi) is 7.28. The van der Waals surface area contributed by atoms with E-state index in [1.807, 2.05) is 37.0 Å². The maximum Gasteiger partial charge on any atom is 0.317 e. The van der Waals surface area contributed by atoms with Crippen LogP contribution >= 0.6 is 0 Å². The molecule has 0 aliphatic heterocycles. The van der Waals surface area contributed by atoms with Gasteiger partial charge in [0.15, 0.2) is 0 Å². The van der Waals surface area contributed by atoms with Crippen molar-refractivity contribution in [2.24, 2.45) is 0 Å². The van der Waals surface area contributed by atoms with Crippen molar-refractivity contribution in [1.82, 2.24) is 4.90 Å². The van der Waals surface area contributed by atoms with Crippen LogP contribution in [0.1, 0.15) is 13.8 Å². The molecule has 3 heteroatoms. The van der Waals surface area contributed by atoms with Crippen LogP contribution in [0.5, 0.6) is 0 Å². The van der Waals surface area contributed by atoms with Crippen LogP contribution in [0.15, 0.2) is 36.5 Å². The summed E-state index contributed by atoms with van der Waals surface area (Å²) in [6.07, 6.45) is 7.50. The summed E-state index contributed by atoms with van der Waals surface area (Å²) in [5.74, 6) is -0.796. The molecule has 0 radical (unpaired) electrons. The van der Waals surface area contributed by atoms with Gasteiger partial charge in [-0.1, -0.05) is 37.8 Å². The summed E-state index contributed by atoms with van der Waals surface area (Å²) in [6, 6.07) is 0. The minimum atomic E-state index is -0.796. The van der Waals surface area contributed by atoms with Gasteiger partial charge in [-0.15, -0.1) is 0 Å². The van der Waals surface area contributed by atoms with E-state index in [-0.39, 0.29) is 6.54 Å². The molecule has 0 unspecified atom stereocenters. The van der Waals surface area contributed by atoms with E-state index in [0.717, 1.165) is 12.1 Å². The van der Waals surface area contributed by atoms with Crippen molar-refractivity contribution in [2.75, 3.05) is 19.6 Å². The van der Waals surface area contributed by atoms with Crippen LogP contribution in [0.25, 0.3) is 0 Å². The van der Waals surface area contributed by atoms with E-state index in [2.05, 4.69) is 6.58 Å². The van der Waals surface area contributed by atoms with Crippen molar-refractivity contribution >= 4 is 5.97 Å². The molecule has 0 aliphatic rings. The minimum Gasteiger partial charge on any atom is -0.480 e. The lowest BCUT2D eigenvalue weighted by Gasteiger charge is -2.18. The molecule has 0 aliphatic carbocycles. The van der Waals surface area contributed by atoms with Crippen molar-refractivity contribution < 1.29 is 9.90 Å². The maximum atomic E-state index is 10.6. The summed E-state index contributed by atoms with van der Waals surface area (Å²) in [5.41, 5.74) is 1.07. The molecule has 0 saturated heterocycles. The summed E-state index contributed by atoms with van der Waals surface area (Å²) < 4.78 is 0. The zero-order valence-corrected chi connectivity index (χ0v) is 9.44. The molecule has 0 atom stereocenters. The fourth-order valence-electron chi connectivity index (χ4n) is 1.26. The van der Waals surface area contributed by atoms with Crippen LogP contribution in [0.2, 0.25) is 0 Å². The largest absolute Gasteiger partial charge is 0.480 e. The van der Waals surface area contributed by atoms with Crippen molar-refractivity contribution in [3.63, 3.8) is 0 Å². The predicted octanol–water partition coefficient (Wildman–Crippen LogP) is 2.08. The number of carboxylic acids is 1. The number of allylic oxidation sites excluding steroid dienone is 3. The van der Waals surface area contributed by atoms with E-state index in [4.69, 9.17) is 5.11 Å². The topological polar surface area (TPSA) is 40.5 Å². The van der Waals surface area contributed by atoms with E-state index in [0.29, 0.717) is 6.54 Å². The van der Waals surface area contributed by atoms with Gasteiger partial charge in [0.25, 0.3) is 0 Å². The summed E-state index contributed by atoms with van der Waals surface area (Å²) >= 11 is 0. The lowest BCUT2D eigenvalue weighted by Crippen LogP contribution is -2.31. The Labute approximate surface area is 91.4 Å². The third-order valence-electron chi connectivity index (χ3n) is 1.92. The third-order valence-corrected chi connectivity index (χ3v) is 1.92. The predicted molar refractivity (Wildman–Crippen MR) is 62.8 cm³/mol. The molecule has 0 spiro atoms. The van der Waals surface area contributed by atoms with E-state index < -0.39 is 5.97 Å². The van der Waals surface area contributed by atoms with Crippen LogP contribution in [-0.4, -0.2) is 35.6 Å². The fourth-order valence-corrected chi connectivity index (χ4v) is 1.26. The number of nitrogens with zero attached hydrogens (tertiary/aromatic N) is 1. The van der Waals surface area contributed by atoms with Gasteiger partial charge >= 0.3 is 5.97 Å². The van der Waals surface area contributed by atoms with Crippen molar-refractivity contribution in [1.29, 1.82) is 0 Å². The van der Waals surface area contributed by atoms with Gasteiger partial charge in [-0.25, -0.2) is 0 Å². The molecule has 0 aromatic heterocycles. The third kappa shape index (κ3) is 6.69.